The van der Waals surface area contributed by atoms with E-state index in [0.29, 0.717) is 35.2 Å². The van der Waals surface area contributed by atoms with Gasteiger partial charge in [-0.3, -0.25) is 14.5 Å². The molecule has 1 aromatic heterocycles. The Bertz CT molecular complexity index is 1490. The van der Waals surface area contributed by atoms with Gasteiger partial charge in [-0.25, -0.2) is 9.78 Å². The Labute approximate surface area is 242 Å². The van der Waals surface area contributed by atoms with Crippen LogP contribution in [0.25, 0.3) is 0 Å². The highest BCUT2D eigenvalue weighted by Gasteiger charge is 2.47. The van der Waals surface area contributed by atoms with Crippen molar-refractivity contribution in [3.63, 3.8) is 0 Å². The van der Waals surface area contributed by atoms with Crippen molar-refractivity contribution in [3.05, 3.63) is 71.9 Å². The number of hydrogen-bond acceptors (Lipinski definition) is 7. The molecule has 1 fully saturated rings. The normalized spacial score (nSPS) is 21.2. The summed E-state index contributed by atoms with van der Waals surface area (Å²) < 4.78 is 5.97. The van der Waals surface area contributed by atoms with Gasteiger partial charge in [0, 0.05) is 37.3 Å². The molecular formula is C30H31N5O5S. The molecule has 212 valence electrons. The third kappa shape index (κ3) is 5.34. The van der Waals surface area contributed by atoms with Crippen LogP contribution in [0.1, 0.15) is 36.4 Å². The molecule has 10 nitrogen and oxygen atoms in total. The molecule has 2 unspecified atom stereocenters. The number of aromatic nitrogens is 1. The maximum absolute atomic E-state index is 13.6. The van der Waals surface area contributed by atoms with Gasteiger partial charge < -0.3 is 25.4 Å². The van der Waals surface area contributed by atoms with E-state index in [1.165, 1.54) is 11.8 Å². The molecule has 4 amide bonds. The van der Waals surface area contributed by atoms with Crippen molar-refractivity contribution >= 4 is 41.0 Å². The lowest BCUT2D eigenvalue weighted by Gasteiger charge is -2.36. The van der Waals surface area contributed by atoms with Crippen LogP contribution in [0.15, 0.2) is 65.8 Å². The van der Waals surface area contributed by atoms with Gasteiger partial charge in [0.2, 0.25) is 11.8 Å². The van der Waals surface area contributed by atoms with Crippen molar-refractivity contribution in [2.45, 2.75) is 48.5 Å². The Morgan fingerprint density at radius 1 is 1.15 bits per heavy atom. The molecule has 2 aromatic carbocycles. The zero-order valence-electron chi connectivity index (χ0n) is 22.6. The summed E-state index contributed by atoms with van der Waals surface area (Å²) in [6, 6.07) is 15.9. The van der Waals surface area contributed by atoms with Gasteiger partial charge in [-0.05, 0) is 61.7 Å². The summed E-state index contributed by atoms with van der Waals surface area (Å²) in [5.74, 6) is 1.08. The highest BCUT2D eigenvalue weighted by molar-refractivity contribution is 8.01. The number of aliphatic hydroxyl groups is 1. The fraction of sp³-hybridized carbons (Fsp3) is 0.333. The number of nitrogens with zero attached hydrogens (tertiary/aromatic N) is 3. The van der Waals surface area contributed by atoms with E-state index in [2.05, 4.69) is 15.6 Å². The fourth-order valence-electron chi connectivity index (χ4n) is 5.69. The van der Waals surface area contributed by atoms with Gasteiger partial charge in [0.05, 0.1) is 24.0 Å². The molecule has 0 spiro atoms. The van der Waals surface area contributed by atoms with E-state index >= 15 is 0 Å². The molecule has 4 heterocycles. The van der Waals surface area contributed by atoms with Crippen LogP contribution in [0.3, 0.4) is 0 Å². The second-order valence-corrected chi connectivity index (χ2v) is 11.5. The van der Waals surface area contributed by atoms with Crippen molar-refractivity contribution in [1.82, 2.24) is 20.5 Å². The molecular weight excluding hydrogens is 542 g/mol. The number of anilines is 2. The van der Waals surface area contributed by atoms with Crippen molar-refractivity contribution in [3.8, 4) is 11.5 Å². The molecule has 3 N–H and O–H groups in total. The van der Waals surface area contributed by atoms with E-state index in [9.17, 15) is 14.4 Å². The Hall–Kier alpha value is -4.09. The monoisotopic (exact) mass is 573 g/mol. The van der Waals surface area contributed by atoms with Crippen molar-refractivity contribution in [2.75, 3.05) is 24.6 Å². The van der Waals surface area contributed by atoms with Crippen LogP contribution in [-0.4, -0.2) is 63.8 Å². The lowest BCUT2D eigenvalue weighted by molar-refractivity contribution is -0.134. The summed E-state index contributed by atoms with van der Waals surface area (Å²) in [4.78, 5) is 47.2. The quantitative estimate of drug-likeness (QED) is 0.390. The van der Waals surface area contributed by atoms with Crippen LogP contribution in [0, 0.1) is 6.92 Å². The highest BCUT2D eigenvalue weighted by atomic mass is 32.2. The predicted molar refractivity (Wildman–Crippen MR) is 154 cm³/mol. The first-order chi connectivity index (χ1) is 19.9. The van der Waals surface area contributed by atoms with Crippen LogP contribution in [0.2, 0.25) is 0 Å². The minimum Gasteiger partial charge on any atom is -0.457 e. The number of nitrogens with one attached hydrogen (secondary N) is 2. The first kappa shape index (κ1) is 27.1. The summed E-state index contributed by atoms with van der Waals surface area (Å²) in [5.41, 5.74) is 3.09. The van der Waals surface area contributed by atoms with Gasteiger partial charge in [-0.1, -0.05) is 30.0 Å². The van der Waals surface area contributed by atoms with E-state index in [0.717, 1.165) is 29.7 Å². The number of rotatable bonds is 7. The molecule has 0 radical (unpaired) electrons. The predicted octanol–water partition coefficient (Wildman–Crippen LogP) is 4.05. The number of ether oxygens (including phenoxy) is 1. The summed E-state index contributed by atoms with van der Waals surface area (Å²) in [6.45, 7) is 2.77. The van der Waals surface area contributed by atoms with E-state index in [-0.39, 0.29) is 36.9 Å². The SMILES string of the molecule is Cc1cc(Oc2ccccc2)ccc1N1C(=O)NC2c3c1ccnc3S[C@H]2C(=O)NC1CCCN(C(=O)CCO)C1. The summed E-state index contributed by atoms with van der Waals surface area (Å²) in [7, 11) is 0. The van der Waals surface area contributed by atoms with Crippen molar-refractivity contribution < 1.29 is 24.2 Å². The third-order valence-corrected chi connectivity index (χ3v) is 8.89. The van der Waals surface area contributed by atoms with E-state index in [1.54, 1.807) is 16.0 Å². The number of pyridine rings is 1. The number of carbonyl (C=O) groups is 3. The average Bonchev–Trinajstić information content (AvgIpc) is 3.34. The number of aryl methyl sites for hydroxylation is 1. The van der Waals surface area contributed by atoms with E-state index in [4.69, 9.17) is 9.84 Å². The van der Waals surface area contributed by atoms with Gasteiger partial charge in [0.1, 0.15) is 21.8 Å². The summed E-state index contributed by atoms with van der Waals surface area (Å²) >= 11 is 1.34. The Morgan fingerprint density at radius 2 is 1.98 bits per heavy atom. The van der Waals surface area contributed by atoms with Crippen LogP contribution >= 0.6 is 11.8 Å². The number of amides is 4. The van der Waals surface area contributed by atoms with Gasteiger partial charge >= 0.3 is 6.03 Å². The maximum atomic E-state index is 13.6. The average molecular weight is 574 g/mol. The van der Waals surface area contributed by atoms with Gasteiger partial charge in [0.25, 0.3) is 0 Å². The minimum absolute atomic E-state index is 0.0791. The molecule has 6 rings (SSSR count). The molecule has 0 saturated carbocycles. The van der Waals surface area contributed by atoms with Gasteiger partial charge in [-0.2, -0.15) is 0 Å². The number of likely N-dealkylation sites (tertiary alicyclic amines) is 1. The lowest BCUT2D eigenvalue weighted by atomic mass is 9.98. The van der Waals surface area contributed by atoms with Crippen LogP contribution in [0.4, 0.5) is 16.2 Å². The maximum Gasteiger partial charge on any atom is 0.327 e. The first-order valence-corrected chi connectivity index (χ1v) is 14.6. The number of hydrogen-bond donors (Lipinski definition) is 3. The highest BCUT2D eigenvalue weighted by Crippen LogP contribution is 2.51. The number of para-hydroxylation sites is 1. The Balaban J connectivity index is 1.21. The molecule has 41 heavy (non-hydrogen) atoms. The summed E-state index contributed by atoms with van der Waals surface area (Å²) in [6.07, 6.45) is 3.28. The standard InChI is InChI=1S/C30H31N5O5S/c1-18-16-21(40-20-7-3-2-4-8-20)9-10-22(18)35-23-11-13-31-29-25(23)26(33-30(35)39)27(41-29)28(38)32-19-6-5-14-34(17-19)24(37)12-15-36/h2-4,7-11,13,16,19,26-27,36H,5-6,12,14-15,17H2,1H3,(H,32,38)(H,33,39)/t19?,26?,27-/m1/s1. The number of aliphatic hydroxyl groups excluding tert-OH is 1. The van der Waals surface area contributed by atoms with Crippen LogP contribution in [-0.2, 0) is 9.59 Å². The Kier molecular flexibility index (Phi) is 7.55. The minimum atomic E-state index is -0.587. The van der Waals surface area contributed by atoms with Crippen molar-refractivity contribution in [2.24, 2.45) is 0 Å². The van der Waals surface area contributed by atoms with Crippen LogP contribution in [0.5, 0.6) is 11.5 Å². The van der Waals surface area contributed by atoms with E-state index in [1.807, 2.05) is 61.5 Å². The van der Waals surface area contributed by atoms with E-state index < -0.39 is 11.3 Å². The number of piperidine rings is 1. The largest absolute Gasteiger partial charge is 0.457 e. The van der Waals surface area contributed by atoms with Gasteiger partial charge in [-0.15, -0.1) is 0 Å². The molecule has 3 aliphatic heterocycles. The molecule has 3 atom stereocenters. The lowest BCUT2D eigenvalue weighted by Crippen LogP contribution is -2.53. The first-order valence-electron chi connectivity index (χ1n) is 13.7. The third-order valence-electron chi connectivity index (χ3n) is 7.60. The van der Waals surface area contributed by atoms with Crippen LogP contribution < -0.4 is 20.3 Å². The number of urea groups is 1. The molecule has 11 heteroatoms. The zero-order chi connectivity index (χ0) is 28.5. The zero-order valence-corrected chi connectivity index (χ0v) is 23.4. The number of carbonyl (C=O) groups excluding carboxylic acids is 3. The summed E-state index contributed by atoms with van der Waals surface area (Å²) in [5, 5.41) is 15.4. The molecule has 0 aliphatic carbocycles. The van der Waals surface area contributed by atoms with Crippen molar-refractivity contribution in [1.29, 1.82) is 0 Å². The number of thioether (sulfide) groups is 1. The Morgan fingerprint density at radius 3 is 2.76 bits per heavy atom. The molecule has 3 aliphatic rings. The second kappa shape index (κ2) is 11.4. The second-order valence-electron chi connectivity index (χ2n) is 10.4. The molecule has 1 saturated heterocycles. The number of benzene rings is 2. The molecule has 3 aromatic rings. The van der Waals surface area contributed by atoms with Gasteiger partial charge in [0.15, 0.2) is 0 Å². The molecule has 0 bridgehead atoms. The topological polar surface area (TPSA) is 124 Å². The fourth-order valence-corrected chi connectivity index (χ4v) is 6.93. The smallest absolute Gasteiger partial charge is 0.327 e.